The van der Waals surface area contributed by atoms with Crippen molar-refractivity contribution in [1.29, 1.82) is 0 Å². The highest BCUT2D eigenvalue weighted by atomic mass is 16.5. The highest BCUT2D eigenvalue weighted by Gasteiger charge is 2.11. The number of rotatable bonds is 9. The number of nitrogens with one attached hydrogen (secondary N) is 1. The third kappa shape index (κ3) is 8.88. The number of hydrogen-bond donors (Lipinski definition) is 1. The molecule has 15 heavy (non-hydrogen) atoms. The van der Waals surface area contributed by atoms with Crippen LogP contribution in [0, 0.1) is 17.8 Å². The van der Waals surface area contributed by atoms with Crippen molar-refractivity contribution in [2.75, 3.05) is 26.3 Å². The van der Waals surface area contributed by atoms with E-state index in [1.807, 2.05) is 0 Å². The molecular weight excluding hydrogens is 186 g/mol. The molecule has 2 atom stereocenters. The minimum Gasteiger partial charge on any atom is -0.381 e. The van der Waals surface area contributed by atoms with Crippen LogP contribution < -0.4 is 5.32 Å². The standard InChI is InChI=1S/C13H29NO/c1-6-7-15-10-13(5)12(4)9-14-8-11(2)3/h11-14H,6-10H2,1-5H3. The van der Waals surface area contributed by atoms with Gasteiger partial charge in [-0.3, -0.25) is 0 Å². The summed E-state index contributed by atoms with van der Waals surface area (Å²) in [4.78, 5) is 0. The highest BCUT2D eigenvalue weighted by molar-refractivity contribution is 4.64. The van der Waals surface area contributed by atoms with E-state index >= 15 is 0 Å². The van der Waals surface area contributed by atoms with Crippen LogP contribution >= 0.6 is 0 Å². The summed E-state index contributed by atoms with van der Waals surface area (Å²) >= 11 is 0. The normalized spacial score (nSPS) is 15.6. The third-order valence-corrected chi connectivity index (χ3v) is 2.72. The predicted octanol–water partition coefficient (Wildman–Crippen LogP) is 2.93. The van der Waals surface area contributed by atoms with E-state index in [1.54, 1.807) is 0 Å². The van der Waals surface area contributed by atoms with E-state index in [-0.39, 0.29) is 0 Å². The second-order valence-corrected chi connectivity index (χ2v) is 5.08. The highest BCUT2D eigenvalue weighted by Crippen LogP contribution is 2.10. The zero-order chi connectivity index (χ0) is 11.7. The molecule has 0 heterocycles. The second-order valence-electron chi connectivity index (χ2n) is 5.08. The van der Waals surface area contributed by atoms with E-state index in [1.165, 1.54) is 0 Å². The van der Waals surface area contributed by atoms with Gasteiger partial charge in [-0.05, 0) is 37.3 Å². The number of ether oxygens (including phenoxy) is 1. The van der Waals surface area contributed by atoms with E-state index in [4.69, 9.17) is 4.74 Å². The van der Waals surface area contributed by atoms with Crippen LogP contribution in [0.5, 0.6) is 0 Å². The molecule has 0 amide bonds. The fourth-order valence-corrected chi connectivity index (χ4v) is 1.38. The molecule has 0 bridgehead atoms. The zero-order valence-corrected chi connectivity index (χ0v) is 11.2. The van der Waals surface area contributed by atoms with Gasteiger partial charge in [-0.2, -0.15) is 0 Å². The molecule has 0 spiro atoms. The fourth-order valence-electron chi connectivity index (χ4n) is 1.38. The fraction of sp³-hybridized carbons (Fsp3) is 1.00. The molecule has 2 nitrogen and oxygen atoms in total. The first kappa shape index (κ1) is 14.9. The van der Waals surface area contributed by atoms with Crippen LogP contribution in [0.15, 0.2) is 0 Å². The van der Waals surface area contributed by atoms with Crippen molar-refractivity contribution in [3.63, 3.8) is 0 Å². The first-order valence-electron chi connectivity index (χ1n) is 6.36. The minimum absolute atomic E-state index is 0.649. The minimum atomic E-state index is 0.649. The van der Waals surface area contributed by atoms with Gasteiger partial charge in [0.05, 0.1) is 0 Å². The molecule has 0 saturated heterocycles. The predicted molar refractivity (Wildman–Crippen MR) is 67.1 cm³/mol. The molecule has 0 radical (unpaired) electrons. The molecule has 0 fully saturated rings. The van der Waals surface area contributed by atoms with Gasteiger partial charge in [0.15, 0.2) is 0 Å². The molecule has 0 aliphatic heterocycles. The van der Waals surface area contributed by atoms with Gasteiger partial charge in [0.25, 0.3) is 0 Å². The van der Waals surface area contributed by atoms with Crippen molar-refractivity contribution >= 4 is 0 Å². The van der Waals surface area contributed by atoms with Gasteiger partial charge in [-0.25, -0.2) is 0 Å². The maximum absolute atomic E-state index is 5.57. The van der Waals surface area contributed by atoms with Crippen LogP contribution in [0.1, 0.15) is 41.0 Å². The lowest BCUT2D eigenvalue weighted by Gasteiger charge is -2.20. The van der Waals surface area contributed by atoms with Crippen LogP contribution in [-0.4, -0.2) is 26.3 Å². The van der Waals surface area contributed by atoms with Crippen LogP contribution in [0.3, 0.4) is 0 Å². The summed E-state index contributed by atoms with van der Waals surface area (Å²) in [7, 11) is 0. The van der Waals surface area contributed by atoms with Crippen molar-refractivity contribution in [2.45, 2.75) is 41.0 Å². The maximum Gasteiger partial charge on any atom is 0.0494 e. The molecule has 0 saturated carbocycles. The van der Waals surface area contributed by atoms with Crippen LogP contribution in [0.25, 0.3) is 0 Å². The Labute approximate surface area is 95.8 Å². The molecule has 0 aliphatic carbocycles. The smallest absolute Gasteiger partial charge is 0.0494 e. The maximum atomic E-state index is 5.57. The molecule has 92 valence electrons. The summed E-state index contributed by atoms with van der Waals surface area (Å²) in [5.41, 5.74) is 0. The quantitative estimate of drug-likeness (QED) is 0.597. The van der Waals surface area contributed by atoms with Gasteiger partial charge in [0.2, 0.25) is 0 Å². The first-order chi connectivity index (χ1) is 7.07. The third-order valence-electron chi connectivity index (χ3n) is 2.72. The molecule has 2 heteroatoms. The summed E-state index contributed by atoms with van der Waals surface area (Å²) in [5.74, 6) is 2.08. The molecule has 0 aromatic heterocycles. The van der Waals surface area contributed by atoms with Gasteiger partial charge in [-0.1, -0.05) is 34.6 Å². The first-order valence-corrected chi connectivity index (χ1v) is 6.36. The largest absolute Gasteiger partial charge is 0.381 e. The summed E-state index contributed by atoms with van der Waals surface area (Å²) in [5, 5.41) is 3.50. The number of hydrogen-bond acceptors (Lipinski definition) is 2. The van der Waals surface area contributed by atoms with Crippen molar-refractivity contribution in [1.82, 2.24) is 5.32 Å². The Bertz CT molecular complexity index is 136. The van der Waals surface area contributed by atoms with Gasteiger partial charge in [0.1, 0.15) is 0 Å². The molecule has 0 aliphatic rings. The molecule has 1 N–H and O–H groups in total. The molecular formula is C13H29NO. The average Bonchev–Trinajstić information content (AvgIpc) is 2.17. The van der Waals surface area contributed by atoms with E-state index in [0.29, 0.717) is 11.8 Å². The van der Waals surface area contributed by atoms with E-state index in [9.17, 15) is 0 Å². The second kappa shape index (κ2) is 9.17. The van der Waals surface area contributed by atoms with Crippen molar-refractivity contribution in [3.05, 3.63) is 0 Å². The Kier molecular flexibility index (Phi) is 9.12. The van der Waals surface area contributed by atoms with Crippen molar-refractivity contribution < 1.29 is 4.74 Å². The Hall–Kier alpha value is -0.0800. The topological polar surface area (TPSA) is 21.3 Å². The summed E-state index contributed by atoms with van der Waals surface area (Å²) in [6, 6.07) is 0. The van der Waals surface area contributed by atoms with E-state index < -0.39 is 0 Å². The van der Waals surface area contributed by atoms with Gasteiger partial charge >= 0.3 is 0 Å². The van der Waals surface area contributed by atoms with Gasteiger partial charge in [-0.15, -0.1) is 0 Å². The molecule has 0 aromatic carbocycles. The Morgan fingerprint density at radius 1 is 1.00 bits per heavy atom. The van der Waals surface area contributed by atoms with Crippen molar-refractivity contribution in [2.24, 2.45) is 17.8 Å². The average molecular weight is 215 g/mol. The zero-order valence-electron chi connectivity index (χ0n) is 11.2. The lowest BCUT2D eigenvalue weighted by molar-refractivity contribution is 0.0869. The SMILES string of the molecule is CCCOCC(C)C(C)CNCC(C)C. The summed E-state index contributed by atoms with van der Waals surface area (Å²) in [6.45, 7) is 15.2. The molecule has 0 rings (SSSR count). The Balaban J connectivity index is 3.46. The van der Waals surface area contributed by atoms with Crippen LogP contribution in [0.2, 0.25) is 0 Å². The molecule has 2 unspecified atom stereocenters. The van der Waals surface area contributed by atoms with E-state index in [2.05, 4.69) is 39.9 Å². The Morgan fingerprint density at radius 2 is 1.67 bits per heavy atom. The lowest BCUT2D eigenvalue weighted by Crippen LogP contribution is -2.29. The lowest BCUT2D eigenvalue weighted by atomic mass is 9.97. The van der Waals surface area contributed by atoms with Crippen LogP contribution in [0.4, 0.5) is 0 Å². The summed E-state index contributed by atoms with van der Waals surface area (Å²) in [6.07, 6.45) is 1.12. The monoisotopic (exact) mass is 215 g/mol. The van der Waals surface area contributed by atoms with Crippen LogP contribution in [-0.2, 0) is 4.74 Å². The van der Waals surface area contributed by atoms with Crippen molar-refractivity contribution in [3.8, 4) is 0 Å². The molecule has 0 aromatic rings. The van der Waals surface area contributed by atoms with Gasteiger partial charge in [0, 0.05) is 13.2 Å². The van der Waals surface area contributed by atoms with E-state index in [0.717, 1.165) is 38.6 Å². The Morgan fingerprint density at radius 3 is 2.20 bits per heavy atom. The van der Waals surface area contributed by atoms with Gasteiger partial charge < -0.3 is 10.1 Å². The summed E-state index contributed by atoms with van der Waals surface area (Å²) < 4.78 is 5.57.